The maximum Gasteiger partial charge on any atom is 0.257 e. The first-order valence-electron chi connectivity index (χ1n) is 9.16. The van der Waals surface area contributed by atoms with Crippen LogP contribution < -0.4 is 5.32 Å². The molecule has 25 heavy (non-hydrogen) atoms. The van der Waals surface area contributed by atoms with Crippen LogP contribution in [0.4, 0.5) is 0 Å². The summed E-state index contributed by atoms with van der Waals surface area (Å²) in [6.07, 6.45) is 8.42. The molecule has 2 N–H and O–H groups in total. The number of hydrogen-bond acceptors (Lipinski definition) is 5. The molecule has 0 aliphatic heterocycles. The molecule has 7 heteroatoms. The number of carbonyl (C=O) groups is 1. The average molecular weight is 345 g/mol. The van der Waals surface area contributed by atoms with Crippen molar-refractivity contribution in [2.75, 3.05) is 13.1 Å². The third-order valence-corrected chi connectivity index (χ3v) is 5.00. The summed E-state index contributed by atoms with van der Waals surface area (Å²) >= 11 is 0. The van der Waals surface area contributed by atoms with E-state index in [9.17, 15) is 9.90 Å². The molecule has 0 radical (unpaired) electrons. The highest BCUT2D eigenvalue weighted by molar-refractivity contribution is 5.99. The largest absolute Gasteiger partial charge is 0.391 e. The van der Waals surface area contributed by atoms with Crippen LogP contribution in [-0.2, 0) is 6.54 Å². The molecule has 1 amide bonds. The lowest BCUT2D eigenvalue weighted by atomic mass is 9.92. The lowest BCUT2D eigenvalue weighted by Crippen LogP contribution is -2.45. The Morgan fingerprint density at radius 1 is 1.32 bits per heavy atom. The normalized spacial score (nSPS) is 21.0. The molecule has 0 saturated heterocycles. The van der Waals surface area contributed by atoms with Crippen LogP contribution in [0.25, 0.3) is 5.65 Å². The lowest BCUT2D eigenvalue weighted by Gasteiger charge is -2.28. The van der Waals surface area contributed by atoms with Crippen LogP contribution in [0.5, 0.6) is 0 Å². The van der Waals surface area contributed by atoms with Gasteiger partial charge in [0, 0.05) is 24.5 Å². The predicted molar refractivity (Wildman–Crippen MR) is 95.3 cm³/mol. The van der Waals surface area contributed by atoms with Crippen molar-refractivity contribution in [2.45, 2.75) is 58.2 Å². The average Bonchev–Trinajstić information content (AvgIpc) is 3.05. The highest BCUT2D eigenvalue weighted by Gasteiger charge is 2.26. The zero-order valence-electron chi connectivity index (χ0n) is 15.0. The number of aliphatic hydroxyl groups is 1. The molecule has 2 atom stereocenters. The Morgan fingerprint density at radius 3 is 2.80 bits per heavy atom. The van der Waals surface area contributed by atoms with Gasteiger partial charge in [-0.15, -0.1) is 0 Å². The van der Waals surface area contributed by atoms with Gasteiger partial charge in [0.25, 0.3) is 5.91 Å². The first-order valence-corrected chi connectivity index (χ1v) is 9.16. The summed E-state index contributed by atoms with van der Waals surface area (Å²) in [6, 6.07) is -0.182. The van der Waals surface area contributed by atoms with Crippen molar-refractivity contribution in [3.63, 3.8) is 0 Å². The summed E-state index contributed by atoms with van der Waals surface area (Å²) in [7, 11) is 0. The minimum atomic E-state index is -0.465. The molecule has 2 heterocycles. The monoisotopic (exact) mass is 345 g/mol. The lowest BCUT2D eigenvalue weighted by molar-refractivity contribution is 0.0718. The van der Waals surface area contributed by atoms with Gasteiger partial charge in [-0.2, -0.15) is 5.10 Å². The zero-order chi connectivity index (χ0) is 17.8. The van der Waals surface area contributed by atoms with Gasteiger partial charge in [0.05, 0.1) is 18.3 Å². The van der Waals surface area contributed by atoms with Crippen molar-refractivity contribution >= 4 is 11.6 Å². The fourth-order valence-electron chi connectivity index (χ4n) is 3.39. The van der Waals surface area contributed by atoms with Crippen LogP contribution in [0.1, 0.15) is 55.5 Å². The van der Waals surface area contributed by atoms with Gasteiger partial charge < -0.3 is 10.4 Å². The fraction of sp³-hybridized carbons (Fsp3) is 0.611. The van der Waals surface area contributed by atoms with Crippen LogP contribution in [0.15, 0.2) is 18.6 Å². The smallest absolute Gasteiger partial charge is 0.257 e. The predicted octanol–water partition coefficient (Wildman–Crippen LogP) is 1.60. The van der Waals surface area contributed by atoms with E-state index in [2.05, 4.69) is 34.1 Å². The van der Waals surface area contributed by atoms with E-state index in [1.165, 1.54) is 0 Å². The Labute approximate surface area is 148 Å². The second-order valence-corrected chi connectivity index (χ2v) is 6.68. The first-order chi connectivity index (χ1) is 12.1. The molecular weight excluding hydrogens is 318 g/mol. The van der Waals surface area contributed by atoms with Gasteiger partial charge >= 0.3 is 0 Å². The van der Waals surface area contributed by atoms with E-state index in [4.69, 9.17) is 0 Å². The number of carbonyl (C=O) groups excluding carboxylic acids is 1. The second-order valence-electron chi connectivity index (χ2n) is 6.68. The molecule has 0 bridgehead atoms. The maximum absolute atomic E-state index is 12.6. The highest BCUT2D eigenvalue weighted by Crippen LogP contribution is 2.19. The van der Waals surface area contributed by atoms with E-state index >= 15 is 0 Å². The first kappa shape index (κ1) is 17.8. The van der Waals surface area contributed by atoms with Gasteiger partial charge in [0.2, 0.25) is 0 Å². The van der Waals surface area contributed by atoms with Gasteiger partial charge in [-0.05, 0) is 25.9 Å². The standard InChI is InChI=1S/C18H27N5O2/c1-3-22(4-2)11-13-9-19-17-14(10-20-23(17)12-13)18(25)21-15-7-5-6-8-16(15)24/h9-10,12,15-16,24H,3-8,11H2,1-2H3,(H,21,25)/t15-,16-/m0/s1. The molecule has 1 aliphatic rings. The van der Waals surface area contributed by atoms with E-state index < -0.39 is 6.10 Å². The van der Waals surface area contributed by atoms with Crippen LogP contribution >= 0.6 is 0 Å². The minimum absolute atomic E-state index is 0.182. The Kier molecular flexibility index (Phi) is 5.65. The van der Waals surface area contributed by atoms with Crippen LogP contribution in [0.3, 0.4) is 0 Å². The van der Waals surface area contributed by atoms with Gasteiger partial charge in [0.15, 0.2) is 5.65 Å². The van der Waals surface area contributed by atoms with Crippen LogP contribution in [0.2, 0.25) is 0 Å². The number of aliphatic hydroxyl groups excluding tert-OH is 1. The molecule has 1 fully saturated rings. The molecule has 3 rings (SSSR count). The summed E-state index contributed by atoms with van der Waals surface area (Å²) in [6.45, 7) is 7.03. The Balaban J connectivity index is 1.75. The Morgan fingerprint density at radius 2 is 2.08 bits per heavy atom. The second kappa shape index (κ2) is 7.93. The van der Waals surface area contributed by atoms with E-state index in [1.54, 1.807) is 10.7 Å². The minimum Gasteiger partial charge on any atom is -0.391 e. The number of fused-ring (bicyclic) bond motifs is 1. The third kappa shape index (κ3) is 3.99. The summed E-state index contributed by atoms with van der Waals surface area (Å²) in [4.78, 5) is 19.3. The number of nitrogens with zero attached hydrogens (tertiary/aromatic N) is 4. The van der Waals surface area contributed by atoms with Crippen molar-refractivity contribution in [1.29, 1.82) is 0 Å². The van der Waals surface area contributed by atoms with E-state index in [0.29, 0.717) is 11.2 Å². The summed E-state index contributed by atoms with van der Waals surface area (Å²) in [5.41, 5.74) is 2.06. The van der Waals surface area contributed by atoms with Crippen molar-refractivity contribution in [3.05, 3.63) is 29.7 Å². The highest BCUT2D eigenvalue weighted by atomic mass is 16.3. The number of nitrogens with one attached hydrogen (secondary N) is 1. The molecule has 2 aromatic heterocycles. The molecule has 1 aliphatic carbocycles. The van der Waals surface area contributed by atoms with Gasteiger partial charge in [0.1, 0.15) is 5.56 Å². The molecule has 0 aromatic carbocycles. The summed E-state index contributed by atoms with van der Waals surface area (Å²) in [5, 5.41) is 17.3. The molecule has 136 valence electrons. The maximum atomic E-state index is 12.6. The zero-order valence-corrected chi connectivity index (χ0v) is 15.0. The van der Waals surface area contributed by atoms with Crippen molar-refractivity contribution in [3.8, 4) is 0 Å². The summed E-state index contributed by atoms with van der Waals surface area (Å²) < 4.78 is 1.66. The van der Waals surface area contributed by atoms with Gasteiger partial charge in [-0.3, -0.25) is 9.69 Å². The third-order valence-electron chi connectivity index (χ3n) is 5.00. The molecule has 0 spiro atoms. The molecule has 0 unspecified atom stereocenters. The van der Waals surface area contributed by atoms with Crippen molar-refractivity contribution in [2.24, 2.45) is 0 Å². The number of rotatable bonds is 6. The number of hydrogen-bond donors (Lipinski definition) is 2. The fourth-order valence-corrected chi connectivity index (χ4v) is 3.39. The summed E-state index contributed by atoms with van der Waals surface area (Å²) in [5.74, 6) is -0.218. The van der Waals surface area contributed by atoms with E-state index in [1.807, 2.05) is 12.4 Å². The SMILES string of the molecule is CCN(CC)Cc1cnc2c(C(=O)N[C@H]3CCCC[C@@H]3O)cnn2c1. The van der Waals surface area contributed by atoms with Crippen molar-refractivity contribution < 1.29 is 9.90 Å². The van der Waals surface area contributed by atoms with Gasteiger partial charge in [-0.25, -0.2) is 9.50 Å². The molecule has 7 nitrogen and oxygen atoms in total. The molecule has 1 saturated carbocycles. The Bertz CT molecular complexity index is 725. The van der Waals surface area contributed by atoms with E-state index in [-0.39, 0.29) is 11.9 Å². The number of aromatic nitrogens is 3. The number of amides is 1. The van der Waals surface area contributed by atoms with Crippen LogP contribution in [-0.4, -0.2) is 55.7 Å². The topological polar surface area (TPSA) is 82.8 Å². The van der Waals surface area contributed by atoms with Gasteiger partial charge in [-0.1, -0.05) is 26.7 Å². The molecule has 2 aromatic rings. The van der Waals surface area contributed by atoms with Crippen LogP contribution in [0, 0.1) is 0 Å². The Hall–Kier alpha value is -1.99. The quantitative estimate of drug-likeness (QED) is 0.831. The van der Waals surface area contributed by atoms with E-state index in [0.717, 1.165) is 50.9 Å². The molecular formula is C18H27N5O2. The van der Waals surface area contributed by atoms with Crippen molar-refractivity contribution in [1.82, 2.24) is 24.8 Å².